The van der Waals surface area contributed by atoms with Crippen molar-refractivity contribution < 1.29 is 28.7 Å². The molecule has 2 heterocycles. The molecule has 10 heteroatoms. The standard InChI is InChI=1S/C17H18N4O6/c1-20(17(18)26)7-8-27-11-4-2-3-9-13(11)16(25)21(15(9)24)10-5-6-12(22)19-14(10)23/h2-4,10H,5-8H2,1H3,(H2,18,26)(H,19,22,23). The number of nitrogens with zero attached hydrogens (tertiary/aromatic N) is 2. The first-order valence-corrected chi connectivity index (χ1v) is 8.29. The van der Waals surface area contributed by atoms with Crippen LogP contribution in [0, 0.1) is 0 Å². The van der Waals surface area contributed by atoms with E-state index in [0.717, 1.165) is 4.90 Å². The Morgan fingerprint density at radius 1 is 1.30 bits per heavy atom. The van der Waals surface area contributed by atoms with E-state index in [1.807, 2.05) is 0 Å². The Morgan fingerprint density at radius 3 is 2.70 bits per heavy atom. The van der Waals surface area contributed by atoms with Gasteiger partial charge in [-0.2, -0.15) is 0 Å². The van der Waals surface area contributed by atoms with Crippen molar-refractivity contribution in [2.75, 3.05) is 20.2 Å². The molecule has 2 aliphatic heterocycles. The lowest BCUT2D eigenvalue weighted by Gasteiger charge is -2.27. The number of hydrogen-bond donors (Lipinski definition) is 2. The largest absolute Gasteiger partial charge is 0.491 e. The van der Waals surface area contributed by atoms with Gasteiger partial charge in [-0.25, -0.2) is 4.79 Å². The van der Waals surface area contributed by atoms with Gasteiger partial charge in [-0.05, 0) is 18.6 Å². The van der Waals surface area contributed by atoms with Crippen molar-refractivity contribution in [2.24, 2.45) is 5.73 Å². The topological polar surface area (TPSA) is 139 Å². The van der Waals surface area contributed by atoms with Gasteiger partial charge in [0, 0.05) is 13.5 Å². The molecular weight excluding hydrogens is 356 g/mol. The van der Waals surface area contributed by atoms with E-state index in [0.29, 0.717) is 0 Å². The zero-order valence-electron chi connectivity index (χ0n) is 14.6. The third-order valence-corrected chi connectivity index (χ3v) is 4.49. The van der Waals surface area contributed by atoms with Gasteiger partial charge in [0.1, 0.15) is 18.4 Å². The number of nitrogens with two attached hydrogens (primary N) is 1. The first kappa shape index (κ1) is 18.4. The summed E-state index contributed by atoms with van der Waals surface area (Å²) in [5, 5.41) is 2.14. The molecule has 0 aliphatic carbocycles. The number of nitrogens with one attached hydrogen (secondary N) is 1. The number of rotatable bonds is 5. The van der Waals surface area contributed by atoms with E-state index < -0.39 is 35.7 Å². The molecule has 1 aromatic rings. The number of imide groups is 2. The molecule has 3 N–H and O–H groups in total. The molecule has 0 aromatic heterocycles. The third kappa shape index (κ3) is 3.33. The van der Waals surface area contributed by atoms with E-state index in [9.17, 15) is 24.0 Å². The number of urea groups is 1. The van der Waals surface area contributed by atoms with Crippen LogP contribution in [0.5, 0.6) is 5.75 Å². The van der Waals surface area contributed by atoms with Crippen molar-refractivity contribution in [2.45, 2.75) is 18.9 Å². The summed E-state index contributed by atoms with van der Waals surface area (Å²) in [5.74, 6) is -2.19. The average molecular weight is 374 g/mol. The zero-order chi connectivity index (χ0) is 19.7. The highest BCUT2D eigenvalue weighted by Crippen LogP contribution is 2.33. The molecule has 1 atom stereocenters. The van der Waals surface area contributed by atoms with Crippen molar-refractivity contribution >= 4 is 29.7 Å². The van der Waals surface area contributed by atoms with Gasteiger partial charge in [0.25, 0.3) is 11.8 Å². The minimum absolute atomic E-state index is 0.0482. The highest BCUT2D eigenvalue weighted by atomic mass is 16.5. The minimum Gasteiger partial charge on any atom is -0.491 e. The molecular formula is C17H18N4O6. The van der Waals surface area contributed by atoms with Crippen molar-refractivity contribution in [3.8, 4) is 5.75 Å². The molecule has 0 radical (unpaired) electrons. The molecule has 142 valence electrons. The van der Waals surface area contributed by atoms with E-state index >= 15 is 0 Å². The summed E-state index contributed by atoms with van der Waals surface area (Å²) < 4.78 is 5.56. The van der Waals surface area contributed by atoms with Crippen LogP contribution in [-0.2, 0) is 9.59 Å². The van der Waals surface area contributed by atoms with Gasteiger partial charge in [0.15, 0.2) is 0 Å². The van der Waals surface area contributed by atoms with Crippen LogP contribution in [-0.4, -0.2) is 65.7 Å². The Kier molecular flexibility index (Phi) is 4.80. The fraction of sp³-hybridized carbons (Fsp3) is 0.353. The number of hydrogen-bond acceptors (Lipinski definition) is 6. The van der Waals surface area contributed by atoms with E-state index in [4.69, 9.17) is 10.5 Å². The van der Waals surface area contributed by atoms with E-state index in [1.165, 1.54) is 24.1 Å². The van der Waals surface area contributed by atoms with Gasteiger partial charge in [0.05, 0.1) is 17.7 Å². The number of fused-ring (bicyclic) bond motifs is 1. The van der Waals surface area contributed by atoms with Gasteiger partial charge in [-0.15, -0.1) is 0 Å². The second kappa shape index (κ2) is 7.06. The summed E-state index contributed by atoms with van der Waals surface area (Å²) in [6.07, 6.45) is 0.127. The van der Waals surface area contributed by atoms with Crippen LogP contribution in [0.1, 0.15) is 33.6 Å². The SMILES string of the molecule is CN(CCOc1cccc2c1C(=O)N(C1CCC(=O)NC1=O)C2=O)C(N)=O. The second-order valence-corrected chi connectivity index (χ2v) is 6.23. The minimum atomic E-state index is -1.04. The summed E-state index contributed by atoms with van der Waals surface area (Å²) in [7, 11) is 1.50. The van der Waals surface area contributed by atoms with Crippen molar-refractivity contribution in [1.82, 2.24) is 15.1 Å². The zero-order valence-corrected chi connectivity index (χ0v) is 14.6. The molecule has 0 spiro atoms. The molecule has 1 aromatic carbocycles. The van der Waals surface area contributed by atoms with Gasteiger partial charge < -0.3 is 15.4 Å². The molecule has 3 rings (SSSR count). The quantitative estimate of drug-likeness (QED) is 0.665. The lowest BCUT2D eigenvalue weighted by molar-refractivity contribution is -0.136. The Hall–Kier alpha value is -3.43. The summed E-state index contributed by atoms with van der Waals surface area (Å²) >= 11 is 0. The maximum atomic E-state index is 12.8. The molecule has 27 heavy (non-hydrogen) atoms. The highest BCUT2D eigenvalue weighted by Gasteiger charge is 2.45. The van der Waals surface area contributed by atoms with Crippen LogP contribution >= 0.6 is 0 Å². The fourth-order valence-corrected chi connectivity index (χ4v) is 3.01. The average Bonchev–Trinajstić information content (AvgIpc) is 2.87. The molecule has 10 nitrogen and oxygen atoms in total. The van der Waals surface area contributed by atoms with Crippen LogP contribution in [0.2, 0.25) is 0 Å². The van der Waals surface area contributed by atoms with Gasteiger partial charge in [-0.3, -0.25) is 29.4 Å². The normalized spacial score (nSPS) is 19.0. The lowest BCUT2D eigenvalue weighted by atomic mass is 10.0. The van der Waals surface area contributed by atoms with Crippen LogP contribution in [0.15, 0.2) is 18.2 Å². The Morgan fingerprint density at radius 2 is 2.04 bits per heavy atom. The number of ether oxygens (including phenoxy) is 1. The Balaban J connectivity index is 1.81. The fourth-order valence-electron chi connectivity index (χ4n) is 3.01. The number of carbonyl (C=O) groups excluding carboxylic acids is 5. The lowest BCUT2D eigenvalue weighted by Crippen LogP contribution is -2.54. The molecule has 6 amide bonds. The van der Waals surface area contributed by atoms with E-state index in [2.05, 4.69) is 5.32 Å². The number of piperidine rings is 1. The van der Waals surface area contributed by atoms with Crippen LogP contribution in [0.25, 0.3) is 0 Å². The molecule has 0 saturated carbocycles. The monoisotopic (exact) mass is 374 g/mol. The summed E-state index contributed by atoms with van der Waals surface area (Å²) in [4.78, 5) is 62.0. The molecule has 2 aliphatic rings. The van der Waals surface area contributed by atoms with Crippen molar-refractivity contribution in [3.05, 3.63) is 29.3 Å². The maximum Gasteiger partial charge on any atom is 0.314 e. The molecule has 1 saturated heterocycles. The number of primary amides is 1. The first-order chi connectivity index (χ1) is 12.8. The van der Waals surface area contributed by atoms with E-state index in [1.54, 1.807) is 6.07 Å². The van der Waals surface area contributed by atoms with Crippen molar-refractivity contribution in [1.29, 1.82) is 0 Å². The molecule has 1 fully saturated rings. The second-order valence-electron chi connectivity index (χ2n) is 6.23. The molecule has 0 bridgehead atoms. The summed E-state index contributed by atoms with van der Waals surface area (Å²) in [6.45, 7) is 0.258. The van der Waals surface area contributed by atoms with Crippen LogP contribution < -0.4 is 15.8 Å². The van der Waals surface area contributed by atoms with Crippen LogP contribution in [0.3, 0.4) is 0 Å². The number of likely N-dealkylation sites (N-methyl/N-ethyl adjacent to an activating group) is 1. The van der Waals surface area contributed by atoms with Gasteiger partial charge in [-0.1, -0.05) is 6.07 Å². The Labute approximate surface area is 154 Å². The van der Waals surface area contributed by atoms with Crippen molar-refractivity contribution in [3.63, 3.8) is 0 Å². The van der Waals surface area contributed by atoms with Gasteiger partial charge >= 0.3 is 6.03 Å². The summed E-state index contributed by atoms with van der Waals surface area (Å²) in [6, 6.07) is 2.91. The first-order valence-electron chi connectivity index (χ1n) is 8.29. The predicted octanol–water partition coefficient (Wildman–Crippen LogP) is -0.523. The number of amides is 6. The third-order valence-electron chi connectivity index (χ3n) is 4.49. The smallest absolute Gasteiger partial charge is 0.314 e. The predicted molar refractivity (Wildman–Crippen MR) is 90.8 cm³/mol. The van der Waals surface area contributed by atoms with E-state index in [-0.39, 0.29) is 42.9 Å². The van der Waals surface area contributed by atoms with Gasteiger partial charge in [0.2, 0.25) is 11.8 Å². The highest BCUT2D eigenvalue weighted by molar-refractivity contribution is 6.24. The Bertz CT molecular complexity index is 852. The maximum absolute atomic E-state index is 12.8. The number of carbonyl (C=O) groups is 5. The number of benzene rings is 1. The summed E-state index contributed by atoms with van der Waals surface area (Å²) in [5.41, 5.74) is 5.33. The molecule has 1 unspecified atom stereocenters. The van der Waals surface area contributed by atoms with Crippen LogP contribution in [0.4, 0.5) is 4.79 Å².